The van der Waals surface area contributed by atoms with Gasteiger partial charge in [0.15, 0.2) is 0 Å². The molecule has 0 spiro atoms. The topological polar surface area (TPSA) is 78.9 Å². The van der Waals surface area contributed by atoms with Gasteiger partial charge in [-0.05, 0) is 44.4 Å². The van der Waals surface area contributed by atoms with Gasteiger partial charge >= 0.3 is 0 Å². The van der Waals surface area contributed by atoms with Crippen LogP contribution in [-0.4, -0.2) is 69.1 Å². The van der Waals surface area contributed by atoms with E-state index in [-0.39, 0.29) is 0 Å². The van der Waals surface area contributed by atoms with Gasteiger partial charge in [-0.3, -0.25) is 0 Å². The maximum atomic E-state index is 9.66. The highest BCUT2D eigenvalue weighted by atomic mass is 32.2. The molecule has 0 aromatic carbocycles. The van der Waals surface area contributed by atoms with Gasteiger partial charge in [-0.25, -0.2) is 13.8 Å². The van der Waals surface area contributed by atoms with Gasteiger partial charge in [-0.1, -0.05) is 25.8 Å². The SMILES string of the molecule is COC(C)(C)COc1cc(-c2ccc(N3CC4CC(C3)N4SCC(C)C)nc2)c2c(C#N)cnn2c1. The number of ether oxygens (including phenoxy) is 2. The molecule has 2 bridgehead atoms. The quantitative estimate of drug-likeness (QED) is 0.389. The summed E-state index contributed by atoms with van der Waals surface area (Å²) in [5.74, 6) is 3.55. The molecule has 3 fully saturated rings. The Kier molecular flexibility index (Phi) is 6.86. The van der Waals surface area contributed by atoms with Crippen LogP contribution in [0.2, 0.25) is 0 Å². The van der Waals surface area contributed by atoms with Crippen LogP contribution >= 0.6 is 11.9 Å². The third-order valence-corrected chi connectivity index (χ3v) is 8.62. The second kappa shape index (κ2) is 9.92. The Morgan fingerprint density at radius 2 is 2.00 bits per heavy atom. The number of methoxy groups -OCH3 is 1. The summed E-state index contributed by atoms with van der Waals surface area (Å²) in [5, 5.41) is 14.0. The molecule has 190 valence electrons. The van der Waals surface area contributed by atoms with Gasteiger partial charge in [0.2, 0.25) is 0 Å². The molecule has 2 atom stereocenters. The first-order valence-corrected chi connectivity index (χ1v) is 13.4. The van der Waals surface area contributed by atoms with Gasteiger partial charge in [0.25, 0.3) is 0 Å². The van der Waals surface area contributed by atoms with Gasteiger partial charge < -0.3 is 14.4 Å². The molecule has 3 aliphatic rings. The van der Waals surface area contributed by atoms with Crippen molar-refractivity contribution in [2.45, 2.75) is 51.8 Å². The van der Waals surface area contributed by atoms with Crippen LogP contribution in [0.3, 0.4) is 0 Å². The zero-order chi connectivity index (χ0) is 25.4. The van der Waals surface area contributed by atoms with Crippen LogP contribution in [0.25, 0.3) is 16.6 Å². The fourth-order valence-electron chi connectivity index (χ4n) is 4.73. The first kappa shape index (κ1) is 24.9. The molecule has 0 amide bonds. The van der Waals surface area contributed by atoms with Crippen molar-refractivity contribution in [1.82, 2.24) is 18.9 Å². The fraction of sp³-hybridized carbons (Fsp3) is 0.519. The molecule has 9 heteroatoms. The molecule has 3 aliphatic heterocycles. The smallest absolute Gasteiger partial charge is 0.138 e. The van der Waals surface area contributed by atoms with Crippen molar-refractivity contribution in [2.75, 3.05) is 37.5 Å². The van der Waals surface area contributed by atoms with E-state index in [4.69, 9.17) is 14.5 Å². The number of anilines is 1. The number of piperidine rings is 1. The molecule has 36 heavy (non-hydrogen) atoms. The minimum atomic E-state index is -0.418. The van der Waals surface area contributed by atoms with Crippen LogP contribution in [0, 0.1) is 17.2 Å². The molecule has 3 aromatic heterocycles. The van der Waals surface area contributed by atoms with E-state index in [0.29, 0.717) is 35.9 Å². The van der Waals surface area contributed by atoms with E-state index in [1.165, 1.54) is 12.2 Å². The second-order valence-electron chi connectivity index (χ2n) is 10.7. The fourth-order valence-corrected chi connectivity index (χ4v) is 5.93. The molecular weight excluding hydrogens is 472 g/mol. The first-order valence-electron chi connectivity index (χ1n) is 12.5. The van der Waals surface area contributed by atoms with Crippen LogP contribution in [0.15, 0.2) is 36.8 Å². The molecule has 8 nitrogen and oxygen atoms in total. The lowest BCUT2D eigenvalue weighted by atomic mass is 9.91. The molecule has 0 saturated carbocycles. The third-order valence-electron chi connectivity index (χ3n) is 6.91. The van der Waals surface area contributed by atoms with E-state index in [0.717, 1.165) is 35.6 Å². The van der Waals surface area contributed by atoms with Crippen molar-refractivity contribution in [3.63, 3.8) is 0 Å². The maximum absolute atomic E-state index is 9.66. The van der Waals surface area contributed by atoms with Gasteiger partial charge in [0.05, 0.1) is 29.1 Å². The van der Waals surface area contributed by atoms with Gasteiger partial charge in [-0.15, -0.1) is 0 Å². The standard InChI is InChI=1S/C27H34N6O2S/c1-18(2)16-36-33-21-8-22(33)14-31(13-21)25-7-6-19(11-29-25)24-9-23(35-17-27(3,4)34-5)15-32-26(24)20(10-28)12-30-32/h6-7,9,11-12,15,18,21-22H,8,13-14,16-17H2,1-5H3. The molecule has 0 aliphatic carbocycles. The Bertz CT molecular complexity index is 1250. The van der Waals surface area contributed by atoms with E-state index < -0.39 is 5.60 Å². The van der Waals surface area contributed by atoms with Crippen molar-refractivity contribution in [3.05, 3.63) is 42.4 Å². The second-order valence-corrected chi connectivity index (χ2v) is 11.7. The summed E-state index contributed by atoms with van der Waals surface area (Å²) in [6.45, 7) is 10.9. The Hall–Kier alpha value is -2.80. The molecular formula is C27H34N6O2S. The van der Waals surface area contributed by atoms with E-state index >= 15 is 0 Å². The summed E-state index contributed by atoms with van der Waals surface area (Å²) in [5.41, 5.74) is 2.65. The summed E-state index contributed by atoms with van der Waals surface area (Å²) >= 11 is 2.01. The molecule has 6 rings (SSSR count). The Balaban J connectivity index is 1.37. The molecule has 0 radical (unpaired) electrons. The van der Waals surface area contributed by atoms with Crippen LogP contribution in [0.5, 0.6) is 5.75 Å². The number of hydrogen-bond donors (Lipinski definition) is 0. The molecule has 6 heterocycles. The minimum Gasteiger partial charge on any atom is -0.489 e. The molecule has 0 N–H and O–H groups in total. The Morgan fingerprint density at radius 1 is 1.22 bits per heavy atom. The van der Waals surface area contributed by atoms with Crippen molar-refractivity contribution in [2.24, 2.45) is 5.92 Å². The minimum absolute atomic E-state index is 0.391. The molecule has 3 saturated heterocycles. The number of nitrogens with zero attached hydrogens (tertiary/aromatic N) is 6. The number of fused-ring (bicyclic) bond motifs is 3. The average Bonchev–Trinajstić information content (AvgIpc) is 3.30. The highest BCUT2D eigenvalue weighted by Gasteiger charge is 2.45. The number of pyridine rings is 2. The lowest BCUT2D eigenvalue weighted by Gasteiger charge is -2.55. The number of hydrogen-bond acceptors (Lipinski definition) is 8. The van der Waals surface area contributed by atoms with Crippen LogP contribution in [-0.2, 0) is 4.74 Å². The molecule has 3 aromatic rings. The van der Waals surface area contributed by atoms with E-state index in [1.54, 1.807) is 24.0 Å². The zero-order valence-corrected chi connectivity index (χ0v) is 22.5. The zero-order valence-electron chi connectivity index (χ0n) is 21.6. The lowest BCUT2D eigenvalue weighted by molar-refractivity contribution is -0.0147. The third kappa shape index (κ3) is 4.90. The highest BCUT2D eigenvalue weighted by Crippen LogP contribution is 2.40. The predicted octanol–water partition coefficient (Wildman–Crippen LogP) is 4.64. The van der Waals surface area contributed by atoms with E-state index in [1.807, 2.05) is 38.1 Å². The first-order chi connectivity index (χ1) is 17.3. The molecule has 2 unspecified atom stereocenters. The maximum Gasteiger partial charge on any atom is 0.138 e. The summed E-state index contributed by atoms with van der Waals surface area (Å²) in [4.78, 5) is 7.23. The van der Waals surface area contributed by atoms with Crippen LogP contribution in [0.4, 0.5) is 5.82 Å². The van der Waals surface area contributed by atoms with Gasteiger partial charge in [0.1, 0.15) is 24.2 Å². The van der Waals surface area contributed by atoms with Crippen molar-refractivity contribution >= 4 is 23.3 Å². The predicted molar refractivity (Wildman–Crippen MR) is 143 cm³/mol. The monoisotopic (exact) mass is 506 g/mol. The normalized spacial score (nSPS) is 20.0. The summed E-state index contributed by atoms with van der Waals surface area (Å²) in [7, 11) is 1.67. The summed E-state index contributed by atoms with van der Waals surface area (Å²) < 4.78 is 15.8. The number of nitriles is 1. The number of rotatable bonds is 9. The number of piperazine rings is 1. The van der Waals surface area contributed by atoms with Crippen molar-refractivity contribution < 1.29 is 9.47 Å². The van der Waals surface area contributed by atoms with E-state index in [9.17, 15) is 5.26 Å². The highest BCUT2D eigenvalue weighted by molar-refractivity contribution is 7.97. The average molecular weight is 507 g/mol. The largest absolute Gasteiger partial charge is 0.489 e. The Morgan fingerprint density at radius 3 is 2.64 bits per heavy atom. The van der Waals surface area contributed by atoms with Crippen LogP contribution in [0.1, 0.15) is 39.7 Å². The van der Waals surface area contributed by atoms with E-state index in [2.05, 4.69) is 46.4 Å². The van der Waals surface area contributed by atoms with Crippen LogP contribution < -0.4 is 9.64 Å². The summed E-state index contributed by atoms with van der Waals surface area (Å²) in [6, 6.07) is 9.59. The van der Waals surface area contributed by atoms with Gasteiger partial charge in [0, 0.05) is 55.4 Å². The summed E-state index contributed by atoms with van der Waals surface area (Å²) in [6.07, 6.45) is 6.57. The van der Waals surface area contributed by atoms with Crippen molar-refractivity contribution in [1.29, 1.82) is 5.26 Å². The lowest BCUT2D eigenvalue weighted by Crippen LogP contribution is -2.66. The van der Waals surface area contributed by atoms with Gasteiger partial charge in [-0.2, -0.15) is 10.4 Å². The number of aromatic nitrogens is 3. The Labute approximate surface area is 217 Å². The van der Waals surface area contributed by atoms with Crippen molar-refractivity contribution in [3.8, 4) is 22.9 Å².